The second kappa shape index (κ2) is 34.0. The molecule has 87 heavy (non-hydrogen) atoms. The molecule has 0 amide bonds. The molecule has 2 aliphatic rings. The molecule has 5 aromatic carbocycles. The maximum absolute atomic E-state index is 14.0. The predicted molar refractivity (Wildman–Crippen MR) is 330 cm³/mol. The van der Waals surface area contributed by atoms with Gasteiger partial charge in [0.25, 0.3) is 0 Å². The topological polar surface area (TPSA) is 222 Å². The van der Waals surface area contributed by atoms with Crippen molar-refractivity contribution in [2.75, 3.05) is 37.3 Å². The first-order valence-electron chi connectivity index (χ1n) is 29.6. The molecule has 1 atom stereocenters. The standard InChI is InChI=1S/C67H73N3O15S2/c1-3-61(71)80-42-16-7-5-14-40-78-52-30-34-54(35-31-52)82-63(73)47-22-24-49(25-23-47)65(75)84-56-38-39-59(51(44-56)45-68-70(46-87(77)57-18-10-9-11-19-57)67-69-58-20-12-13-21-60(58)86-67)85-66(76)50-28-26-48(27-29-50)64(74)83-55-36-32-53(33-37-55)79-41-15-6-8-17-43-81-62(72)4-2/h3-4,9-13,18-21,30-39,44-45,47-50H,1-2,5-8,14-17,22-29,40-43,46H2/b68-45+. The molecule has 0 spiro atoms. The van der Waals surface area contributed by atoms with E-state index >= 15 is 0 Å². The van der Waals surface area contributed by atoms with Crippen LogP contribution in [0.5, 0.6) is 34.5 Å². The Balaban J connectivity index is 0.857. The summed E-state index contributed by atoms with van der Waals surface area (Å²) in [6.07, 6.45) is 13.8. The highest BCUT2D eigenvalue weighted by Gasteiger charge is 2.34. The second-order valence-electron chi connectivity index (χ2n) is 21.1. The van der Waals surface area contributed by atoms with Gasteiger partial charge in [-0.3, -0.25) is 23.4 Å². The number of benzene rings is 5. The van der Waals surface area contributed by atoms with Gasteiger partial charge in [-0.1, -0.05) is 54.8 Å². The van der Waals surface area contributed by atoms with Gasteiger partial charge in [-0.05, 0) is 194 Å². The summed E-state index contributed by atoms with van der Waals surface area (Å²) in [5.41, 5.74) is 1.03. The molecule has 0 aliphatic heterocycles. The van der Waals surface area contributed by atoms with E-state index in [2.05, 4.69) is 13.2 Å². The van der Waals surface area contributed by atoms with Crippen molar-refractivity contribution in [2.24, 2.45) is 28.8 Å². The lowest BCUT2D eigenvalue weighted by atomic mass is 9.82. The van der Waals surface area contributed by atoms with E-state index in [1.165, 1.54) is 22.6 Å². The van der Waals surface area contributed by atoms with Crippen LogP contribution in [-0.4, -0.2) is 83.5 Å². The van der Waals surface area contributed by atoms with Gasteiger partial charge in [-0.15, -0.1) is 0 Å². The summed E-state index contributed by atoms with van der Waals surface area (Å²) in [7, 11) is -1.54. The van der Waals surface area contributed by atoms with Gasteiger partial charge in [0, 0.05) is 22.6 Å². The molecule has 2 aliphatic carbocycles. The van der Waals surface area contributed by atoms with Gasteiger partial charge in [-0.25, -0.2) is 19.6 Å². The maximum Gasteiger partial charge on any atom is 0.330 e. The number of carbonyl (C=O) groups excluding carboxylic acids is 6. The summed E-state index contributed by atoms with van der Waals surface area (Å²) in [6, 6.07) is 35.0. The number of fused-ring (bicyclic) bond motifs is 1. The molecule has 0 radical (unpaired) electrons. The first-order valence-corrected chi connectivity index (χ1v) is 31.7. The number of ether oxygens (including phenoxy) is 8. The van der Waals surface area contributed by atoms with Crippen molar-refractivity contribution < 1.29 is 70.9 Å². The molecule has 0 bridgehead atoms. The Morgan fingerprint density at radius 3 is 1.43 bits per heavy atom. The van der Waals surface area contributed by atoms with Gasteiger partial charge in [0.1, 0.15) is 40.4 Å². The number of esters is 6. The average Bonchev–Trinajstić information content (AvgIpc) is 3.35. The third kappa shape index (κ3) is 20.6. The fourth-order valence-corrected chi connectivity index (χ4v) is 11.9. The van der Waals surface area contributed by atoms with E-state index in [4.69, 9.17) is 48.0 Å². The van der Waals surface area contributed by atoms with Crippen molar-refractivity contribution in [1.82, 2.24) is 4.98 Å². The number of hydrazone groups is 1. The summed E-state index contributed by atoms with van der Waals surface area (Å²) in [5.74, 6) is -2.08. The van der Waals surface area contributed by atoms with Crippen molar-refractivity contribution in [1.29, 1.82) is 0 Å². The van der Waals surface area contributed by atoms with Gasteiger partial charge >= 0.3 is 35.8 Å². The number of hydrogen-bond donors (Lipinski definition) is 0. The van der Waals surface area contributed by atoms with Crippen molar-refractivity contribution in [2.45, 2.75) is 108 Å². The summed E-state index contributed by atoms with van der Waals surface area (Å²) in [6.45, 7) is 8.54. The molecule has 18 nitrogen and oxygen atoms in total. The van der Waals surface area contributed by atoms with Crippen molar-refractivity contribution in [3.63, 3.8) is 0 Å². The minimum absolute atomic E-state index is 0.0591. The molecule has 1 unspecified atom stereocenters. The fraction of sp³-hybridized carbons (Fsp3) is 0.373. The Kier molecular flexibility index (Phi) is 25.2. The number of rotatable bonds is 32. The molecule has 2 fully saturated rings. The van der Waals surface area contributed by atoms with E-state index in [1.807, 2.05) is 42.5 Å². The molecule has 0 saturated heterocycles. The van der Waals surface area contributed by atoms with Gasteiger partial charge in [0.05, 0.1) is 77.3 Å². The second-order valence-corrected chi connectivity index (χ2v) is 23.5. The number of thiazole rings is 1. The number of unbranched alkanes of at least 4 members (excludes halogenated alkanes) is 6. The molecule has 0 N–H and O–H groups in total. The van der Waals surface area contributed by atoms with Crippen LogP contribution in [0.15, 0.2) is 157 Å². The molecular formula is C67H73N3O15S2. The van der Waals surface area contributed by atoms with Crippen molar-refractivity contribution >= 4 is 79.5 Å². The zero-order chi connectivity index (χ0) is 61.2. The fourth-order valence-electron chi connectivity index (χ4n) is 9.87. The molecule has 458 valence electrons. The number of para-hydroxylation sites is 1. The van der Waals surface area contributed by atoms with Crippen LogP contribution in [0.25, 0.3) is 10.2 Å². The van der Waals surface area contributed by atoms with Crippen LogP contribution in [0.1, 0.15) is 108 Å². The number of hydrogen-bond acceptors (Lipinski definition) is 19. The monoisotopic (exact) mass is 1220 g/mol. The van der Waals surface area contributed by atoms with Crippen LogP contribution in [0.4, 0.5) is 5.13 Å². The van der Waals surface area contributed by atoms with E-state index in [9.17, 15) is 33.0 Å². The largest absolute Gasteiger partial charge is 0.494 e. The number of aromatic nitrogens is 1. The lowest BCUT2D eigenvalue weighted by molar-refractivity contribution is -0.145. The van der Waals surface area contributed by atoms with E-state index in [1.54, 1.807) is 78.9 Å². The molecule has 20 heteroatoms. The Labute approximate surface area is 513 Å². The Bertz CT molecular complexity index is 3280. The average molecular weight is 1220 g/mol. The van der Waals surface area contributed by atoms with Gasteiger partial charge < -0.3 is 37.9 Å². The lowest BCUT2D eigenvalue weighted by Crippen LogP contribution is -2.30. The minimum atomic E-state index is -1.54. The van der Waals surface area contributed by atoms with Gasteiger partial charge in [0.15, 0.2) is 0 Å². The van der Waals surface area contributed by atoms with Crippen LogP contribution in [0.2, 0.25) is 0 Å². The van der Waals surface area contributed by atoms with E-state index in [0.29, 0.717) is 116 Å². The predicted octanol–water partition coefficient (Wildman–Crippen LogP) is 12.9. The van der Waals surface area contributed by atoms with Crippen LogP contribution < -0.4 is 33.4 Å². The number of carbonyl (C=O) groups is 6. The van der Waals surface area contributed by atoms with Crippen LogP contribution in [0.3, 0.4) is 0 Å². The third-order valence-corrected chi connectivity index (χ3v) is 17.1. The number of anilines is 1. The summed E-state index contributed by atoms with van der Waals surface area (Å²) in [4.78, 5) is 82.2. The first kappa shape index (κ1) is 64.5. The quantitative estimate of drug-likeness (QED) is 0.00956. The molecule has 1 heterocycles. The highest BCUT2D eigenvalue weighted by atomic mass is 32.2. The summed E-state index contributed by atoms with van der Waals surface area (Å²) >= 11 is 1.38. The van der Waals surface area contributed by atoms with Crippen LogP contribution in [-0.2, 0) is 49.0 Å². The van der Waals surface area contributed by atoms with Crippen molar-refractivity contribution in [3.05, 3.63) is 152 Å². The van der Waals surface area contributed by atoms with Crippen molar-refractivity contribution in [3.8, 4) is 34.5 Å². The van der Waals surface area contributed by atoms with E-state index in [0.717, 1.165) is 73.7 Å². The summed E-state index contributed by atoms with van der Waals surface area (Å²) < 4.78 is 60.0. The smallest absolute Gasteiger partial charge is 0.330 e. The number of nitrogens with zero attached hydrogens (tertiary/aromatic N) is 3. The van der Waals surface area contributed by atoms with E-state index < -0.39 is 58.3 Å². The summed E-state index contributed by atoms with van der Waals surface area (Å²) in [5, 5.41) is 6.82. The zero-order valence-electron chi connectivity index (χ0n) is 48.6. The Morgan fingerprint density at radius 1 is 0.517 bits per heavy atom. The maximum atomic E-state index is 14.0. The molecule has 1 aromatic heterocycles. The Hall–Kier alpha value is -8.49. The molecule has 2 saturated carbocycles. The molecule has 8 rings (SSSR count). The third-order valence-electron chi connectivity index (χ3n) is 14.8. The molecule has 6 aromatic rings. The molecular weight excluding hydrogens is 1150 g/mol. The van der Waals surface area contributed by atoms with Gasteiger partial charge in [-0.2, -0.15) is 5.10 Å². The Morgan fingerprint density at radius 2 is 0.943 bits per heavy atom. The zero-order valence-corrected chi connectivity index (χ0v) is 50.3. The highest BCUT2D eigenvalue weighted by molar-refractivity contribution is 7.85. The first-order chi connectivity index (χ1) is 42.4. The normalized spacial score (nSPS) is 16.8. The minimum Gasteiger partial charge on any atom is -0.494 e. The van der Waals surface area contributed by atoms with Gasteiger partial charge in [0.2, 0.25) is 5.13 Å². The van der Waals surface area contributed by atoms with Crippen LogP contribution in [0, 0.1) is 23.7 Å². The SMILES string of the molecule is C=CC(=O)OCCCCCCOc1ccc(OC(=O)C2CCC(C(=O)Oc3ccc(OC(=O)C4CCC(C(=O)Oc5ccc(OCCCCCCOC(=O)C=C)cc5)CC4)c(/C=N/N(CS(=O)c4ccccc4)c4nc5ccccc5s4)c3)CC2)cc1. The van der Waals surface area contributed by atoms with E-state index in [-0.39, 0.29) is 29.3 Å². The lowest BCUT2D eigenvalue weighted by Gasteiger charge is -2.26. The van der Waals surface area contributed by atoms with Crippen LogP contribution >= 0.6 is 11.3 Å². The highest BCUT2D eigenvalue weighted by Crippen LogP contribution is 2.36.